The number of aromatic nitrogens is 2. The molecule has 0 bridgehead atoms. The molecule has 21 heavy (non-hydrogen) atoms. The fourth-order valence-electron chi connectivity index (χ4n) is 1.95. The minimum absolute atomic E-state index is 0.0283. The molecule has 2 N–H and O–H groups in total. The minimum atomic E-state index is 0.0283. The van der Waals surface area contributed by atoms with Crippen molar-refractivity contribution in [2.75, 3.05) is 19.6 Å². The van der Waals surface area contributed by atoms with E-state index in [1.807, 2.05) is 11.4 Å². The summed E-state index contributed by atoms with van der Waals surface area (Å²) in [6.07, 6.45) is 0.838. The SMILES string of the molecule is O=C(CCc1nc(-c2cc(Br)cs2)no1)NCC1CNC1. The second-order valence-corrected chi connectivity index (χ2v) is 6.80. The van der Waals surface area contributed by atoms with Crippen molar-refractivity contribution in [3.05, 3.63) is 21.8 Å². The van der Waals surface area contributed by atoms with Gasteiger partial charge in [0.15, 0.2) is 0 Å². The van der Waals surface area contributed by atoms with Gasteiger partial charge in [0.2, 0.25) is 17.6 Å². The molecule has 0 spiro atoms. The average molecular weight is 371 g/mol. The first-order valence-electron chi connectivity index (χ1n) is 6.75. The molecule has 1 amide bonds. The number of aryl methyl sites for hydroxylation is 1. The molecule has 1 fully saturated rings. The van der Waals surface area contributed by atoms with Crippen LogP contribution in [0, 0.1) is 5.92 Å². The quantitative estimate of drug-likeness (QED) is 0.810. The number of thiophene rings is 1. The van der Waals surface area contributed by atoms with Crippen molar-refractivity contribution in [1.29, 1.82) is 0 Å². The van der Waals surface area contributed by atoms with Crippen LogP contribution in [0.1, 0.15) is 12.3 Å². The zero-order valence-electron chi connectivity index (χ0n) is 11.3. The first-order valence-corrected chi connectivity index (χ1v) is 8.42. The van der Waals surface area contributed by atoms with E-state index in [-0.39, 0.29) is 5.91 Å². The van der Waals surface area contributed by atoms with E-state index in [2.05, 4.69) is 36.7 Å². The average Bonchev–Trinajstić information content (AvgIpc) is 3.03. The van der Waals surface area contributed by atoms with E-state index >= 15 is 0 Å². The van der Waals surface area contributed by atoms with Gasteiger partial charge in [0.05, 0.1) is 4.88 Å². The second-order valence-electron chi connectivity index (χ2n) is 4.97. The first kappa shape index (κ1) is 14.7. The molecule has 1 aliphatic rings. The lowest BCUT2D eigenvalue weighted by molar-refractivity contribution is -0.121. The Balaban J connectivity index is 1.47. The van der Waals surface area contributed by atoms with Crippen LogP contribution in [-0.2, 0) is 11.2 Å². The van der Waals surface area contributed by atoms with E-state index in [1.54, 1.807) is 11.3 Å². The molecule has 6 nitrogen and oxygen atoms in total. The molecule has 112 valence electrons. The maximum Gasteiger partial charge on any atom is 0.227 e. The van der Waals surface area contributed by atoms with Gasteiger partial charge in [-0.1, -0.05) is 5.16 Å². The molecule has 0 aliphatic carbocycles. The fourth-order valence-corrected chi connectivity index (χ4v) is 3.30. The van der Waals surface area contributed by atoms with Crippen LogP contribution in [0.2, 0.25) is 0 Å². The maximum atomic E-state index is 11.7. The van der Waals surface area contributed by atoms with Crippen LogP contribution in [0.3, 0.4) is 0 Å². The third kappa shape index (κ3) is 3.90. The van der Waals surface area contributed by atoms with Gasteiger partial charge >= 0.3 is 0 Å². The second kappa shape index (κ2) is 6.67. The molecule has 2 aromatic heterocycles. The van der Waals surface area contributed by atoms with E-state index in [1.165, 1.54) is 0 Å². The third-order valence-electron chi connectivity index (χ3n) is 3.28. The highest BCUT2D eigenvalue weighted by Crippen LogP contribution is 2.27. The predicted molar refractivity (Wildman–Crippen MR) is 83.0 cm³/mol. The van der Waals surface area contributed by atoms with E-state index in [4.69, 9.17) is 4.52 Å². The van der Waals surface area contributed by atoms with Crippen molar-refractivity contribution >= 4 is 33.2 Å². The Morgan fingerprint density at radius 3 is 3.10 bits per heavy atom. The number of nitrogens with one attached hydrogen (secondary N) is 2. The van der Waals surface area contributed by atoms with Crippen LogP contribution in [0.25, 0.3) is 10.7 Å². The highest BCUT2D eigenvalue weighted by atomic mass is 79.9. The summed E-state index contributed by atoms with van der Waals surface area (Å²) >= 11 is 4.94. The Kier molecular flexibility index (Phi) is 4.67. The molecule has 3 heterocycles. The van der Waals surface area contributed by atoms with Gasteiger partial charge in [0, 0.05) is 48.2 Å². The fraction of sp³-hybridized carbons (Fsp3) is 0.462. The van der Waals surface area contributed by atoms with Crippen LogP contribution in [0.5, 0.6) is 0 Å². The number of halogens is 1. The van der Waals surface area contributed by atoms with Crippen LogP contribution >= 0.6 is 27.3 Å². The molecule has 3 rings (SSSR count). The van der Waals surface area contributed by atoms with E-state index in [0.717, 1.165) is 29.0 Å². The van der Waals surface area contributed by atoms with Gasteiger partial charge in [0.1, 0.15) is 0 Å². The summed E-state index contributed by atoms with van der Waals surface area (Å²) in [5.41, 5.74) is 0. The Morgan fingerprint density at radius 1 is 1.57 bits per heavy atom. The summed E-state index contributed by atoms with van der Waals surface area (Å²) in [5.74, 6) is 1.67. The Labute approximate surface area is 134 Å². The molecule has 1 saturated heterocycles. The van der Waals surface area contributed by atoms with Gasteiger partial charge in [-0.05, 0) is 22.0 Å². The Bertz CT molecular complexity index is 623. The van der Waals surface area contributed by atoms with Gasteiger partial charge in [-0.2, -0.15) is 4.98 Å². The van der Waals surface area contributed by atoms with Crippen LogP contribution in [0.15, 0.2) is 20.4 Å². The van der Waals surface area contributed by atoms with Crippen molar-refractivity contribution in [1.82, 2.24) is 20.8 Å². The number of carbonyl (C=O) groups is 1. The monoisotopic (exact) mass is 370 g/mol. The highest BCUT2D eigenvalue weighted by Gasteiger charge is 2.17. The van der Waals surface area contributed by atoms with Crippen molar-refractivity contribution in [3.8, 4) is 10.7 Å². The first-order chi connectivity index (χ1) is 10.2. The van der Waals surface area contributed by atoms with E-state index in [0.29, 0.717) is 30.5 Å². The molecule has 0 unspecified atom stereocenters. The molecule has 8 heteroatoms. The smallest absolute Gasteiger partial charge is 0.227 e. The molecule has 0 atom stereocenters. The van der Waals surface area contributed by atoms with Gasteiger partial charge < -0.3 is 15.2 Å². The number of nitrogens with zero attached hydrogens (tertiary/aromatic N) is 2. The van der Waals surface area contributed by atoms with Gasteiger partial charge in [0.25, 0.3) is 0 Å². The third-order valence-corrected chi connectivity index (χ3v) is 4.96. The lowest BCUT2D eigenvalue weighted by Crippen LogP contribution is -2.48. The topological polar surface area (TPSA) is 80.0 Å². The normalized spacial score (nSPS) is 14.9. The number of hydrogen-bond donors (Lipinski definition) is 2. The minimum Gasteiger partial charge on any atom is -0.356 e. The van der Waals surface area contributed by atoms with Crippen molar-refractivity contribution in [2.45, 2.75) is 12.8 Å². The highest BCUT2D eigenvalue weighted by molar-refractivity contribution is 9.10. The molecule has 0 radical (unpaired) electrons. The maximum absolute atomic E-state index is 11.7. The molecule has 0 aromatic carbocycles. The Morgan fingerprint density at radius 2 is 2.43 bits per heavy atom. The van der Waals surface area contributed by atoms with Crippen LogP contribution in [-0.4, -0.2) is 35.7 Å². The molecule has 1 aliphatic heterocycles. The zero-order valence-corrected chi connectivity index (χ0v) is 13.7. The van der Waals surface area contributed by atoms with Crippen molar-refractivity contribution < 1.29 is 9.32 Å². The van der Waals surface area contributed by atoms with Crippen LogP contribution < -0.4 is 10.6 Å². The van der Waals surface area contributed by atoms with Gasteiger partial charge in [-0.25, -0.2) is 0 Å². The summed E-state index contributed by atoms with van der Waals surface area (Å²) < 4.78 is 6.18. The van der Waals surface area contributed by atoms with Crippen LogP contribution in [0.4, 0.5) is 0 Å². The molecular weight excluding hydrogens is 356 g/mol. The van der Waals surface area contributed by atoms with Crippen molar-refractivity contribution in [2.24, 2.45) is 5.92 Å². The van der Waals surface area contributed by atoms with Gasteiger partial charge in [-0.15, -0.1) is 11.3 Å². The standard InChI is InChI=1S/C13H15BrN4O2S/c14-9-3-10(21-7-9)13-17-12(20-18-13)2-1-11(19)16-6-8-4-15-5-8/h3,7-8,15H,1-2,4-6H2,(H,16,19). The number of rotatable bonds is 6. The summed E-state index contributed by atoms with van der Waals surface area (Å²) in [5, 5.41) is 12.0. The molecular formula is C13H15BrN4O2S. The molecule has 0 saturated carbocycles. The number of carbonyl (C=O) groups excluding carboxylic acids is 1. The van der Waals surface area contributed by atoms with Crippen molar-refractivity contribution in [3.63, 3.8) is 0 Å². The zero-order chi connectivity index (χ0) is 14.7. The number of amides is 1. The summed E-state index contributed by atoms with van der Waals surface area (Å²) in [6.45, 7) is 2.72. The summed E-state index contributed by atoms with van der Waals surface area (Å²) in [4.78, 5) is 17.0. The van der Waals surface area contributed by atoms with E-state index in [9.17, 15) is 4.79 Å². The van der Waals surface area contributed by atoms with E-state index < -0.39 is 0 Å². The number of hydrogen-bond acceptors (Lipinski definition) is 6. The summed E-state index contributed by atoms with van der Waals surface area (Å²) in [6, 6.07) is 1.94. The van der Waals surface area contributed by atoms with Gasteiger partial charge in [-0.3, -0.25) is 4.79 Å². The largest absolute Gasteiger partial charge is 0.356 e. The Hall–Kier alpha value is -1.25. The lowest BCUT2D eigenvalue weighted by Gasteiger charge is -2.27. The predicted octanol–water partition coefficient (Wildman–Crippen LogP) is 1.83. The summed E-state index contributed by atoms with van der Waals surface area (Å²) in [7, 11) is 0. The molecule has 2 aromatic rings. The lowest BCUT2D eigenvalue weighted by atomic mass is 10.0.